The maximum Gasteiger partial charge on any atom is 0.338 e. The highest BCUT2D eigenvalue weighted by atomic mass is 16.5. The van der Waals surface area contributed by atoms with Crippen LogP contribution < -0.4 is 4.74 Å². The van der Waals surface area contributed by atoms with Gasteiger partial charge < -0.3 is 9.47 Å². The molecule has 0 aromatic heterocycles. The second-order valence-electron chi connectivity index (χ2n) is 8.22. The van der Waals surface area contributed by atoms with Crippen LogP contribution in [-0.2, 0) is 20.7 Å². The number of ether oxygens (including phenoxy) is 2. The number of aryl methyl sites for hydroxylation is 1. The Morgan fingerprint density at radius 2 is 1.75 bits per heavy atom. The van der Waals surface area contributed by atoms with E-state index >= 15 is 0 Å². The molecule has 0 unspecified atom stereocenters. The van der Waals surface area contributed by atoms with E-state index in [1.54, 1.807) is 13.8 Å². The van der Waals surface area contributed by atoms with Crippen molar-refractivity contribution in [3.05, 3.63) is 83.5 Å². The molecule has 0 heterocycles. The quantitative estimate of drug-likeness (QED) is 0.208. The molecule has 0 saturated carbocycles. The Morgan fingerprint density at radius 3 is 2.50 bits per heavy atom. The second kappa shape index (κ2) is 10.8. The van der Waals surface area contributed by atoms with Gasteiger partial charge >= 0.3 is 11.9 Å². The Morgan fingerprint density at radius 1 is 0.969 bits per heavy atom. The normalized spacial score (nSPS) is 12.9. The predicted octanol–water partition coefficient (Wildman–Crippen LogP) is 6.50. The third kappa shape index (κ3) is 6.07. The van der Waals surface area contributed by atoms with E-state index in [-0.39, 0.29) is 5.97 Å². The van der Waals surface area contributed by atoms with E-state index in [4.69, 9.17) is 9.47 Å². The summed E-state index contributed by atoms with van der Waals surface area (Å²) in [5.74, 6) is -0.219. The van der Waals surface area contributed by atoms with Gasteiger partial charge in [-0.25, -0.2) is 9.59 Å². The lowest BCUT2D eigenvalue weighted by molar-refractivity contribution is -0.139. The van der Waals surface area contributed by atoms with Gasteiger partial charge in [0.25, 0.3) is 0 Å². The van der Waals surface area contributed by atoms with Crippen molar-refractivity contribution in [2.75, 3.05) is 6.61 Å². The molecule has 0 bridgehead atoms. The number of fused-ring (bicyclic) bond motifs is 3. The van der Waals surface area contributed by atoms with Crippen LogP contribution >= 0.6 is 0 Å². The number of allylic oxidation sites excluding steroid dienone is 3. The van der Waals surface area contributed by atoms with E-state index in [0.29, 0.717) is 23.5 Å². The first-order chi connectivity index (χ1) is 15.3. The number of hydrogen-bond acceptors (Lipinski definition) is 4. The van der Waals surface area contributed by atoms with Crippen LogP contribution in [0.25, 0.3) is 16.8 Å². The van der Waals surface area contributed by atoms with Gasteiger partial charge in [0.05, 0.1) is 6.61 Å². The summed E-state index contributed by atoms with van der Waals surface area (Å²) in [7, 11) is 0. The maximum absolute atomic E-state index is 11.8. The first kappa shape index (κ1) is 23.3. The van der Waals surface area contributed by atoms with E-state index in [2.05, 4.69) is 43.5 Å². The fourth-order valence-electron chi connectivity index (χ4n) is 3.63. The number of hydrogen-bond donors (Lipinski definition) is 0. The number of carbonyl (C=O) groups is 2. The van der Waals surface area contributed by atoms with Crippen LogP contribution in [0.5, 0.6) is 5.75 Å². The van der Waals surface area contributed by atoms with Gasteiger partial charge in [0, 0.05) is 11.1 Å². The van der Waals surface area contributed by atoms with Crippen molar-refractivity contribution in [2.45, 2.75) is 46.0 Å². The summed E-state index contributed by atoms with van der Waals surface area (Å²) in [6.07, 6.45) is 11.4. The van der Waals surface area contributed by atoms with E-state index in [1.165, 1.54) is 16.7 Å². The minimum absolute atomic E-state index is 0.323. The molecule has 0 spiro atoms. The van der Waals surface area contributed by atoms with E-state index in [0.717, 1.165) is 42.9 Å². The summed E-state index contributed by atoms with van der Waals surface area (Å²) in [5, 5.41) is 2.17. The van der Waals surface area contributed by atoms with E-state index < -0.39 is 5.97 Å². The SMILES string of the molecule is C=C(C)C(=O)OCCCCC1=CCCc2ccc3cc(OC(=O)C(=C)C)ccc3c2C=C1. The summed E-state index contributed by atoms with van der Waals surface area (Å²) < 4.78 is 10.5. The van der Waals surface area contributed by atoms with Crippen LogP contribution in [-0.4, -0.2) is 18.5 Å². The van der Waals surface area contributed by atoms with Crippen molar-refractivity contribution in [1.29, 1.82) is 0 Å². The number of benzene rings is 2. The number of rotatable bonds is 8. The summed E-state index contributed by atoms with van der Waals surface area (Å²) in [6.45, 7) is 10.9. The lowest BCUT2D eigenvalue weighted by Crippen LogP contribution is -2.08. The standard InChI is InChI=1S/C28H30O4/c1-19(2)27(29)31-17-6-5-8-21-9-7-10-22-12-13-23-18-24(32-28(30)20(3)4)14-16-26(23)25(22)15-11-21/h9,11-16,18H,1,3,5-8,10,17H2,2,4H3. The van der Waals surface area contributed by atoms with Gasteiger partial charge in [-0.05, 0) is 80.0 Å². The molecule has 3 rings (SSSR count). The number of carbonyl (C=O) groups excluding carboxylic acids is 2. The largest absolute Gasteiger partial charge is 0.462 e. The van der Waals surface area contributed by atoms with Gasteiger partial charge in [-0.2, -0.15) is 0 Å². The molecule has 0 radical (unpaired) electrons. The Kier molecular flexibility index (Phi) is 7.82. The molecule has 2 aromatic rings. The zero-order chi connectivity index (χ0) is 23.1. The van der Waals surface area contributed by atoms with E-state index in [1.807, 2.05) is 18.2 Å². The Labute approximate surface area is 189 Å². The average molecular weight is 431 g/mol. The Bertz CT molecular complexity index is 1120. The predicted molar refractivity (Wildman–Crippen MR) is 129 cm³/mol. The molecule has 0 N–H and O–H groups in total. The molecule has 1 aliphatic rings. The molecule has 0 amide bonds. The molecule has 0 saturated heterocycles. The molecule has 166 valence electrons. The van der Waals surface area contributed by atoms with Gasteiger partial charge in [0.15, 0.2) is 0 Å². The summed E-state index contributed by atoms with van der Waals surface area (Å²) in [4.78, 5) is 23.3. The first-order valence-electron chi connectivity index (χ1n) is 11.0. The highest BCUT2D eigenvalue weighted by Gasteiger charge is 2.11. The third-order valence-electron chi connectivity index (χ3n) is 5.41. The van der Waals surface area contributed by atoms with Crippen LogP contribution in [0.4, 0.5) is 0 Å². The molecule has 4 heteroatoms. The molecule has 0 fully saturated rings. The summed E-state index contributed by atoms with van der Waals surface area (Å²) >= 11 is 0. The van der Waals surface area contributed by atoms with E-state index in [9.17, 15) is 9.59 Å². The number of esters is 2. The lowest BCUT2D eigenvalue weighted by atomic mass is 9.92. The molecule has 1 aliphatic carbocycles. The molecule has 32 heavy (non-hydrogen) atoms. The summed E-state index contributed by atoms with van der Waals surface area (Å²) in [5.41, 5.74) is 4.62. The first-order valence-corrected chi connectivity index (χ1v) is 11.0. The van der Waals surface area contributed by atoms with Crippen LogP contribution in [0.3, 0.4) is 0 Å². The topological polar surface area (TPSA) is 52.6 Å². The molecule has 4 nitrogen and oxygen atoms in total. The van der Waals surface area contributed by atoms with Crippen molar-refractivity contribution in [3.63, 3.8) is 0 Å². The van der Waals surface area contributed by atoms with Crippen molar-refractivity contribution < 1.29 is 19.1 Å². The van der Waals surface area contributed by atoms with Crippen molar-refractivity contribution >= 4 is 28.8 Å². The van der Waals surface area contributed by atoms with Crippen LogP contribution in [0, 0.1) is 0 Å². The minimum atomic E-state index is -0.417. The van der Waals surface area contributed by atoms with Gasteiger partial charge in [0.1, 0.15) is 5.75 Å². The van der Waals surface area contributed by atoms with Crippen molar-refractivity contribution in [1.82, 2.24) is 0 Å². The average Bonchev–Trinajstić information content (AvgIpc) is 2.74. The maximum atomic E-state index is 11.8. The molecule has 0 atom stereocenters. The lowest BCUT2D eigenvalue weighted by Gasteiger charge is -2.14. The second-order valence-corrected chi connectivity index (χ2v) is 8.22. The molecule has 2 aromatic carbocycles. The number of unbranched alkanes of at least 4 members (excludes halogenated alkanes) is 1. The van der Waals surface area contributed by atoms with Crippen LogP contribution in [0.2, 0.25) is 0 Å². The zero-order valence-corrected chi connectivity index (χ0v) is 18.9. The molecular weight excluding hydrogens is 400 g/mol. The smallest absolute Gasteiger partial charge is 0.338 e. The monoisotopic (exact) mass is 430 g/mol. The molecular formula is C28H30O4. The van der Waals surface area contributed by atoms with Gasteiger partial charge in [-0.15, -0.1) is 0 Å². The Hall–Kier alpha value is -3.40. The van der Waals surface area contributed by atoms with Gasteiger partial charge in [0.2, 0.25) is 0 Å². The van der Waals surface area contributed by atoms with Crippen LogP contribution in [0.1, 0.15) is 50.7 Å². The fourth-order valence-corrected chi connectivity index (χ4v) is 3.63. The fraction of sp³-hybridized carbons (Fsp3) is 0.286. The van der Waals surface area contributed by atoms with Gasteiger partial charge in [-0.1, -0.05) is 55.2 Å². The highest BCUT2D eigenvalue weighted by molar-refractivity contribution is 5.94. The highest BCUT2D eigenvalue weighted by Crippen LogP contribution is 2.30. The minimum Gasteiger partial charge on any atom is -0.462 e. The third-order valence-corrected chi connectivity index (χ3v) is 5.41. The molecule has 0 aliphatic heterocycles. The zero-order valence-electron chi connectivity index (χ0n) is 18.9. The van der Waals surface area contributed by atoms with Crippen LogP contribution in [0.15, 0.2) is 72.4 Å². The Balaban J connectivity index is 1.69. The van der Waals surface area contributed by atoms with Gasteiger partial charge in [-0.3, -0.25) is 0 Å². The van der Waals surface area contributed by atoms with Crippen molar-refractivity contribution in [3.8, 4) is 5.75 Å². The summed E-state index contributed by atoms with van der Waals surface area (Å²) in [6, 6.07) is 9.98. The van der Waals surface area contributed by atoms with Crippen molar-refractivity contribution in [2.24, 2.45) is 0 Å².